The van der Waals surface area contributed by atoms with Gasteiger partial charge in [-0.15, -0.1) is 11.6 Å². The second kappa shape index (κ2) is 5.68. The van der Waals surface area contributed by atoms with Crippen molar-refractivity contribution in [2.45, 2.75) is 39.0 Å². The minimum Gasteiger partial charge on any atom is -0.300 e. The molecular weight excluding hydrogens is 232 g/mol. The lowest BCUT2D eigenvalue weighted by molar-refractivity contribution is -0.120. The third-order valence-electron chi connectivity index (χ3n) is 3.68. The van der Waals surface area contributed by atoms with Crippen LogP contribution < -0.4 is 0 Å². The number of carbonyl (C=O) groups is 1. The van der Waals surface area contributed by atoms with Crippen molar-refractivity contribution in [3.63, 3.8) is 0 Å². The van der Waals surface area contributed by atoms with Gasteiger partial charge in [-0.2, -0.15) is 0 Å². The Morgan fingerprint density at radius 2 is 2.12 bits per heavy atom. The van der Waals surface area contributed by atoms with E-state index >= 15 is 0 Å². The van der Waals surface area contributed by atoms with Crippen LogP contribution in [0.3, 0.4) is 0 Å². The zero-order valence-corrected chi connectivity index (χ0v) is 11.1. The number of hydrogen-bond donors (Lipinski definition) is 0. The Balaban J connectivity index is 2.09. The SMILES string of the molecule is CC(=O)C(CCCl)Cc1ccc2c(c1)CCC2. The van der Waals surface area contributed by atoms with Crippen molar-refractivity contribution in [3.05, 3.63) is 34.9 Å². The van der Waals surface area contributed by atoms with Crippen molar-refractivity contribution in [1.29, 1.82) is 0 Å². The molecule has 0 aliphatic heterocycles. The zero-order chi connectivity index (χ0) is 12.3. The Kier molecular flexibility index (Phi) is 4.22. The highest BCUT2D eigenvalue weighted by Crippen LogP contribution is 2.24. The average molecular weight is 251 g/mol. The van der Waals surface area contributed by atoms with Gasteiger partial charge in [0.2, 0.25) is 0 Å². The van der Waals surface area contributed by atoms with E-state index in [1.807, 2.05) is 0 Å². The number of ketones is 1. The van der Waals surface area contributed by atoms with Crippen LogP contribution in [-0.2, 0) is 24.1 Å². The molecule has 1 nitrogen and oxygen atoms in total. The number of Topliss-reactive ketones (excluding diaryl/α,β-unsaturated/α-hetero) is 1. The lowest BCUT2D eigenvalue weighted by Gasteiger charge is -2.13. The number of aryl methyl sites for hydroxylation is 2. The predicted octanol–water partition coefficient (Wildman–Crippen LogP) is 3.55. The van der Waals surface area contributed by atoms with Gasteiger partial charge in [-0.1, -0.05) is 18.2 Å². The number of carbonyl (C=O) groups excluding carboxylic acids is 1. The molecule has 1 aliphatic carbocycles. The van der Waals surface area contributed by atoms with Crippen molar-refractivity contribution < 1.29 is 4.79 Å². The fourth-order valence-corrected chi connectivity index (χ4v) is 2.88. The molecule has 0 amide bonds. The molecule has 1 unspecified atom stereocenters. The molecule has 0 saturated heterocycles. The summed E-state index contributed by atoms with van der Waals surface area (Å²) < 4.78 is 0. The van der Waals surface area contributed by atoms with Crippen molar-refractivity contribution in [2.24, 2.45) is 5.92 Å². The van der Waals surface area contributed by atoms with Gasteiger partial charge >= 0.3 is 0 Å². The molecule has 1 aromatic carbocycles. The third kappa shape index (κ3) is 3.10. The number of hydrogen-bond acceptors (Lipinski definition) is 1. The smallest absolute Gasteiger partial charge is 0.133 e. The van der Waals surface area contributed by atoms with E-state index < -0.39 is 0 Å². The minimum absolute atomic E-state index is 0.0898. The summed E-state index contributed by atoms with van der Waals surface area (Å²) in [5.74, 6) is 0.910. The van der Waals surface area contributed by atoms with Gasteiger partial charge < -0.3 is 0 Å². The van der Waals surface area contributed by atoms with Crippen LogP contribution in [0.25, 0.3) is 0 Å². The Hall–Kier alpha value is -0.820. The van der Waals surface area contributed by atoms with Crippen LogP contribution in [0.4, 0.5) is 0 Å². The second-order valence-corrected chi connectivity index (χ2v) is 5.32. The number of halogens is 1. The number of rotatable bonds is 5. The summed E-state index contributed by atoms with van der Waals surface area (Å²) in [6.45, 7) is 1.67. The number of fused-ring (bicyclic) bond motifs is 1. The first-order valence-electron chi connectivity index (χ1n) is 6.38. The predicted molar refractivity (Wildman–Crippen MR) is 71.7 cm³/mol. The average Bonchev–Trinajstić information content (AvgIpc) is 2.75. The molecule has 0 heterocycles. The van der Waals surface area contributed by atoms with Crippen molar-refractivity contribution >= 4 is 17.4 Å². The molecule has 92 valence electrons. The standard InChI is InChI=1S/C15H19ClO/c1-11(17)14(7-8-16)9-12-5-6-13-3-2-4-15(13)10-12/h5-6,10,14H,2-4,7-9H2,1H3. The van der Waals surface area contributed by atoms with Gasteiger partial charge in [0.05, 0.1) is 0 Å². The van der Waals surface area contributed by atoms with Crippen LogP contribution in [0.1, 0.15) is 36.5 Å². The molecule has 0 N–H and O–H groups in total. The number of benzene rings is 1. The van der Waals surface area contributed by atoms with E-state index in [1.165, 1.54) is 36.0 Å². The summed E-state index contributed by atoms with van der Waals surface area (Å²) in [6, 6.07) is 6.69. The largest absolute Gasteiger partial charge is 0.300 e. The van der Waals surface area contributed by atoms with E-state index in [1.54, 1.807) is 6.92 Å². The molecule has 1 aliphatic rings. The monoisotopic (exact) mass is 250 g/mol. The molecule has 2 heteroatoms. The van der Waals surface area contributed by atoms with Gasteiger partial charge in [0.1, 0.15) is 5.78 Å². The summed E-state index contributed by atoms with van der Waals surface area (Å²) in [4.78, 5) is 11.5. The Bertz CT molecular complexity index is 411. The van der Waals surface area contributed by atoms with Gasteiger partial charge in [0.25, 0.3) is 0 Å². The topological polar surface area (TPSA) is 17.1 Å². The lowest BCUT2D eigenvalue weighted by Crippen LogP contribution is -2.14. The van der Waals surface area contributed by atoms with Crippen molar-refractivity contribution in [3.8, 4) is 0 Å². The van der Waals surface area contributed by atoms with Crippen molar-refractivity contribution in [1.82, 2.24) is 0 Å². The molecule has 17 heavy (non-hydrogen) atoms. The highest BCUT2D eigenvalue weighted by molar-refractivity contribution is 6.18. The van der Waals surface area contributed by atoms with E-state index in [0.717, 1.165) is 12.8 Å². The van der Waals surface area contributed by atoms with Gasteiger partial charge in [0.15, 0.2) is 0 Å². The van der Waals surface area contributed by atoms with Crippen LogP contribution in [0.5, 0.6) is 0 Å². The maximum Gasteiger partial charge on any atom is 0.133 e. The minimum atomic E-state index is 0.0898. The summed E-state index contributed by atoms with van der Waals surface area (Å²) in [7, 11) is 0. The molecule has 0 saturated carbocycles. The molecule has 0 spiro atoms. The highest BCUT2D eigenvalue weighted by atomic mass is 35.5. The van der Waals surface area contributed by atoms with Crippen molar-refractivity contribution in [2.75, 3.05) is 5.88 Å². The van der Waals surface area contributed by atoms with Crippen LogP contribution in [0.2, 0.25) is 0 Å². The van der Waals surface area contributed by atoms with E-state index in [4.69, 9.17) is 11.6 Å². The molecular formula is C15H19ClO. The van der Waals surface area contributed by atoms with Gasteiger partial charge in [0, 0.05) is 11.8 Å². The maximum absolute atomic E-state index is 11.5. The molecule has 0 fully saturated rings. The first-order chi connectivity index (χ1) is 8.20. The Morgan fingerprint density at radius 3 is 2.82 bits per heavy atom. The summed E-state index contributed by atoms with van der Waals surface area (Å²) in [6.07, 6.45) is 5.32. The van der Waals surface area contributed by atoms with E-state index in [9.17, 15) is 4.79 Å². The van der Waals surface area contributed by atoms with Gasteiger partial charge in [-0.05, 0) is 55.7 Å². The zero-order valence-electron chi connectivity index (χ0n) is 10.3. The Morgan fingerprint density at radius 1 is 1.35 bits per heavy atom. The molecule has 2 rings (SSSR count). The van der Waals surface area contributed by atoms with E-state index in [2.05, 4.69) is 18.2 Å². The van der Waals surface area contributed by atoms with E-state index in [-0.39, 0.29) is 11.7 Å². The molecule has 1 atom stereocenters. The highest BCUT2D eigenvalue weighted by Gasteiger charge is 2.16. The first kappa shape index (κ1) is 12.6. The van der Waals surface area contributed by atoms with Crippen LogP contribution in [-0.4, -0.2) is 11.7 Å². The normalized spacial score (nSPS) is 15.6. The Labute approximate surface area is 108 Å². The van der Waals surface area contributed by atoms with Crippen LogP contribution in [0, 0.1) is 5.92 Å². The second-order valence-electron chi connectivity index (χ2n) is 4.95. The summed E-state index contributed by atoms with van der Waals surface area (Å²) in [5, 5.41) is 0. The maximum atomic E-state index is 11.5. The molecule has 1 aromatic rings. The summed E-state index contributed by atoms with van der Waals surface area (Å²) >= 11 is 5.75. The van der Waals surface area contributed by atoms with Crippen LogP contribution >= 0.6 is 11.6 Å². The summed E-state index contributed by atoms with van der Waals surface area (Å²) in [5.41, 5.74) is 4.26. The fraction of sp³-hybridized carbons (Fsp3) is 0.533. The molecule has 0 radical (unpaired) electrons. The molecule has 0 bridgehead atoms. The third-order valence-corrected chi connectivity index (χ3v) is 3.90. The van der Waals surface area contributed by atoms with Gasteiger partial charge in [-0.3, -0.25) is 4.79 Å². The van der Waals surface area contributed by atoms with E-state index in [0.29, 0.717) is 5.88 Å². The fourth-order valence-electron chi connectivity index (χ4n) is 2.62. The number of alkyl halides is 1. The molecule has 0 aromatic heterocycles. The first-order valence-corrected chi connectivity index (χ1v) is 6.91. The lowest BCUT2D eigenvalue weighted by atomic mass is 9.92. The van der Waals surface area contributed by atoms with Gasteiger partial charge in [-0.25, -0.2) is 0 Å². The van der Waals surface area contributed by atoms with Crippen LogP contribution in [0.15, 0.2) is 18.2 Å². The quantitative estimate of drug-likeness (QED) is 0.731.